The summed E-state index contributed by atoms with van der Waals surface area (Å²) < 4.78 is 0. The second-order valence-electron chi connectivity index (χ2n) is 10.7. The Bertz CT molecular complexity index is 708. The minimum absolute atomic E-state index is 0.0798. The molecule has 1 aromatic carbocycles. The van der Waals surface area contributed by atoms with Crippen LogP contribution in [0.3, 0.4) is 0 Å². The van der Waals surface area contributed by atoms with Crippen LogP contribution in [0, 0.1) is 11.3 Å². The fourth-order valence-electron chi connectivity index (χ4n) is 5.53. The number of benzene rings is 1. The summed E-state index contributed by atoms with van der Waals surface area (Å²) in [5.41, 5.74) is 3.91. The van der Waals surface area contributed by atoms with Crippen LogP contribution in [-0.2, 0) is 0 Å². The van der Waals surface area contributed by atoms with E-state index in [1.165, 1.54) is 56.3 Å². The number of anilines is 1. The van der Waals surface area contributed by atoms with Crippen LogP contribution >= 0.6 is 0 Å². The van der Waals surface area contributed by atoms with Gasteiger partial charge in [-0.25, -0.2) is 0 Å². The molecule has 1 N–H and O–H groups in total. The van der Waals surface area contributed by atoms with Gasteiger partial charge >= 0.3 is 0 Å². The van der Waals surface area contributed by atoms with E-state index in [4.69, 9.17) is 0 Å². The Morgan fingerprint density at radius 1 is 1.03 bits per heavy atom. The van der Waals surface area contributed by atoms with Crippen molar-refractivity contribution in [3.05, 3.63) is 29.3 Å². The molecule has 1 aliphatic heterocycles. The molecule has 3 rings (SSSR count). The summed E-state index contributed by atoms with van der Waals surface area (Å²) in [5, 5.41) is 3.06. The molecule has 0 bridgehead atoms. The lowest BCUT2D eigenvalue weighted by molar-refractivity contribution is 0.0956. The van der Waals surface area contributed by atoms with Crippen molar-refractivity contribution in [1.82, 2.24) is 10.2 Å². The van der Waals surface area contributed by atoms with Crippen LogP contribution in [0.15, 0.2) is 18.2 Å². The van der Waals surface area contributed by atoms with E-state index in [2.05, 4.69) is 54.9 Å². The first-order chi connectivity index (χ1) is 14.8. The number of amides is 1. The van der Waals surface area contributed by atoms with Gasteiger partial charge < -0.3 is 10.2 Å². The van der Waals surface area contributed by atoms with E-state index in [0.29, 0.717) is 17.9 Å². The first-order valence-electron chi connectivity index (χ1n) is 12.7. The molecule has 0 spiro atoms. The van der Waals surface area contributed by atoms with E-state index in [1.807, 2.05) is 13.0 Å². The fourth-order valence-corrected chi connectivity index (χ4v) is 5.53. The number of rotatable bonds is 7. The van der Waals surface area contributed by atoms with E-state index >= 15 is 0 Å². The minimum atomic E-state index is 0.0798. The van der Waals surface area contributed by atoms with Crippen molar-refractivity contribution in [2.24, 2.45) is 11.3 Å². The number of carbonyl (C=O) groups is 1. The summed E-state index contributed by atoms with van der Waals surface area (Å²) in [6, 6.07) is 6.45. The van der Waals surface area contributed by atoms with Gasteiger partial charge in [0.25, 0.3) is 5.91 Å². The highest BCUT2D eigenvalue weighted by Gasteiger charge is 2.33. The quantitative estimate of drug-likeness (QED) is 0.608. The topological polar surface area (TPSA) is 35.6 Å². The van der Waals surface area contributed by atoms with Crippen LogP contribution in [-0.4, -0.2) is 50.1 Å². The summed E-state index contributed by atoms with van der Waals surface area (Å²) in [6.45, 7) is 17.5. The highest BCUT2D eigenvalue weighted by atomic mass is 16.1. The Morgan fingerprint density at radius 2 is 1.71 bits per heavy atom. The third-order valence-corrected chi connectivity index (χ3v) is 7.56. The first kappa shape index (κ1) is 24.1. The Labute approximate surface area is 190 Å². The van der Waals surface area contributed by atoms with Crippen LogP contribution in [0.4, 0.5) is 5.69 Å². The monoisotopic (exact) mass is 427 g/mol. The van der Waals surface area contributed by atoms with Gasteiger partial charge in [0.15, 0.2) is 0 Å². The summed E-state index contributed by atoms with van der Waals surface area (Å²) in [5.74, 6) is 1.46. The Hall–Kier alpha value is -1.55. The maximum atomic E-state index is 13.0. The van der Waals surface area contributed by atoms with Crippen molar-refractivity contribution in [3.8, 4) is 0 Å². The molecule has 0 aromatic heterocycles. The highest BCUT2D eigenvalue weighted by molar-refractivity contribution is 6.00. The average Bonchev–Trinajstić information content (AvgIpc) is 2.77. The van der Waals surface area contributed by atoms with E-state index in [9.17, 15) is 4.79 Å². The van der Waals surface area contributed by atoms with Gasteiger partial charge in [-0.05, 0) is 74.5 Å². The second-order valence-corrected chi connectivity index (χ2v) is 10.7. The first-order valence-corrected chi connectivity index (χ1v) is 12.7. The van der Waals surface area contributed by atoms with Crippen molar-refractivity contribution in [1.29, 1.82) is 0 Å². The third-order valence-electron chi connectivity index (χ3n) is 7.56. The number of piperazine rings is 1. The van der Waals surface area contributed by atoms with Crippen molar-refractivity contribution in [2.75, 3.05) is 44.2 Å². The normalized spacial score (nSPS) is 23.1. The molecule has 4 heteroatoms. The SMILES string of the molecule is CCCCN1CCN(c2c(C(=O)NCC)cccc2C2CCC(C(C)(C)C)CC2)CC1. The lowest BCUT2D eigenvalue weighted by Gasteiger charge is -2.41. The molecular weight excluding hydrogens is 382 g/mol. The van der Waals surface area contributed by atoms with Crippen LogP contribution in [0.1, 0.15) is 95.0 Å². The molecule has 31 heavy (non-hydrogen) atoms. The number of nitrogens with one attached hydrogen (secondary N) is 1. The molecule has 1 aromatic rings. The van der Waals surface area contributed by atoms with Gasteiger partial charge in [-0.1, -0.05) is 46.2 Å². The van der Waals surface area contributed by atoms with Gasteiger partial charge in [0, 0.05) is 32.7 Å². The van der Waals surface area contributed by atoms with Crippen molar-refractivity contribution in [3.63, 3.8) is 0 Å². The van der Waals surface area contributed by atoms with E-state index in [0.717, 1.165) is 37.7 Å². The molecule has 1 saturated heterocycles. The molecule has 1 heterocycles. The lowest BCUT2D eigenvalue weighted by Crippen LogP contribution is -2.47. The van der Waals surface area contributed by atoms with E-state index in [-0.39, 0.29) is 5.91 Å². The summed E-state index contributed by atoms with van der Waals surface area (Å²) in [7, 11) is 0. The van der Waals surface area contributed by atoms with Gasteiger partial charge in [-0.3, -0.25) is 9.69 Å². The van der Waals surface area contributed by atoms with Gasteiger partial charge in [0.2, 0.25) is 0 Å². The lowest BCUT2D eigenvalue weighted by atomic mass is 9.68. The number of para-hydroxylation sites is 1. The van der Waals surface area contributed by atoms with Crippen molar-refractivity contribution in [2.45, 2.75) is 79.1 Å². The molecule has 4 nitrogen and oxygen atoms in total. The highest BCUT2D eigenvalue weighted by Crippen LogP contribution is 2.45. The zero-order chi connectivity index (χ0) is 22.4. The second kappa shape index (κ2) is 10.8. The molecule has 174 valence electrons. The molecule has 0 radical (unpaired) electrons. The van der Waals surface area contributed by atoms with Crippen molar-refractivity contribution < 1.29 is 4.79 Å². The number of hydrogen-bond donors (Lipinski definition) is 1. The van der Waals surface area contributed by atoms with Crippen LogP contribution in [0.5, 0.6) is 0 Å². The molecule has 1 aliphatic carbocycles. The van der Waals surface area contributed by atoms with Crippen LogP contribution < -0.4 is 10.2 Å². The number of nitrogens with zero attached hydrogens (tertiary/aromatic N) is 2. The Morgan fingerprint density at radius 3 is 2.29 bits per heavy atom. The predicted octanol–water partition coefficient (Wildman–Crippen LogP) is 5.68. The predicted molar refractivity (Wildman–Crippen MR) is 132 cm³/mol. The fraction of sp³-hybridized carbons (Fsp3) is 0.741. The van der Waals surface area contributed by atoms with E-state index < -0.39 is 0 Å². The summed E-state index contributed by atoms with van der Waals surface area (Å²) in [6.07, 6.45) is 7.60. The zero-order valence-corrected chi connectivity index (χ0v) is 20.7. The average molecular weight is 428 g/mol. The maximum absolute atomic E-state index is 13.0. The molecule has 1 saturated carbocycles. The minimum Gasteiger partial charge on any atom is -0.368 e. The number of hydrogen-bond acceptors (Lipinski definition) is 3. The molecule has 2 aliphatic rings. The van der Waals surface area contributed by atoms with Gasteiger partial charge in [0.05, 0.1) is 11.3 Å². The van der Waals surface area contributed by atoms with Gasteiger partial charge in [0.1, 0.15) is 0 Å². The number of carbonyl (C=O) groups excluding carboxylic acids is 1. The maximum Gasteiger partial charge on any atom is 0.253 e. The largest absolute Gasteiger partial charge is 0.368 e. The van der Waals surface area contributed by atoms with Crippen LogP contribution in [0.2, 0.25) is 0 Å². The molecule has 1 amide bonds. The number of unbranched alkanes of at least 4 members (excludes halogenated alkanes) is 1. The molecule has 0 unspecified atom stereocenters. The summed E-state index contributed by atoms with van der Waals surface area (Å²) in [4.78, 5) is 18.1. The Kier molecular flexibility index (Phi) is 8.43. The van der Waals surface area contributed by atoms with E-state index in [1.54, 1.807) is 0 Å². The Balaban J connectivity index is 1.83. The molecular formula is C27H45N3O. The zero-order valence-electron chi connectivity index (χ0n) is 20.7. The van der Waals surface area contributed by atoms with Gasteiger partial charge in [-0.2, -0.15) is 0 Å². The molecule has 0 atom stereocenters. The molecule has 2 fully saturated rings. The standard InChI is InChI=1S/C27H45N3O/c1-6-8-16-29-17-19-30(20-18-29)25-23(10-9-11-24(25)26(31)28-7-2)21-12-14-22(15-13-21)27(3,4)5/h9-11,21-22H,6-8,12-20H2,1-5H3,(H,28,31). The smallest absolute Gasteiger partial charge is 0.253 e. The van der Waals surface area contributed by atoms with Gasteiger partial charge in [-0.15, -0.1) is 0 Å². The van der Waals surface area contributed by atoms with Crippen molar-refractivity contribution >= 4 is 11.6 Å². The summed E-state index contributed by atoms with van der Waals surface area (Å²) >= 11 is 0. The third kappa shape index (κ3) is 6.03. The van der Waals surface area contributed by atoms with Crippen LogP contribution in [0.25, 0.3) is 0 Å².